The van der Waals surface area contributed by atoms with E-state index in [1.165, 1.54) is 0 Å². The molecule has 168 valence electrons. The van der Waals surface area contributed by atoms with Crippen molar-refractivity contribution in [3.05, 3.63) is 71.0 Å². The number of fused-ring (bicyclic) bond motifs is 1. The highest BCUT2D eigenvalue weighted by Crippen LogP contribution is 2.33. The summed E-state index contributed by atoms with van der Waals surface area (Å²) >= 11 is 1.62. The number of anilines is 1. The Balaban J connectivity index is 0.00000245. The van der Waals surface area contributed by atoms with Crippen molar-refractivity contribution < 1.29 is 4.79 Å². The predicted octanol–water partition coefficient (Wildman–Crippen LogP) is 4.30. The molecule has 6 nitrogen and oxygen atoms in total. The van der Waals surface area contributed by atoms with Crippen molar-refractivity contribution in [2.24, 2.45) is 0 Å². The Bertz CT molecular complexity index is 1110. The van der Waals surface area contributed by atoms with Crippen LogP contribution in [-0.2, 0) is 4.79 Å². The second-order valence-electron chi connectivity index (χ2n) is 8.13. The average molecular weight is 470 g/mol. The van der Waals surface area contributed by atoms with Gasteiger partial charge in [0.2, 0.25) is 0 Å². The number of rotatable bonds is 5. The molecule has 3 aromatic rings. The van der Waals surface area contributed by atoms with Crippen molar-refractivity contribution in [1.29, 1.82) is 0 Å². The summed E-state index contributed by atoms with van der Waals surface area (Å²) in [6.07, 6.45) is 8.01. The molecule has 1 unspecified atom stereocenters. The molecular formula is C24H28ClN5OS. The second kappa shape index (κ2) is 9.98. The van der Waals surface area contributed by atoms with Gasteiger partial charge < -0.3 is 20.5 Å². The molecule has 5 rings (SSSR count). The van der Waals surface area contributed by atoms with Gasteiger partial charge in [-0.25, -0.2) is 4.98 Å². The molecule has 32 heavy (non-hydrogen) atoms. The van der Waals surface area contributed by atoms with E-state index in [1.807, 2.05) is 42.9 Å². The van der Waals surface area contributed by atoms with Crippen molar-refractivity contribution in [3.8, 4) is 0 Å². The lowest BCUT2D eigenvalue weighted by molar-refractivity contribution is -0.117. The summed E-state index contributed by atoms with van der Waals surface area (Å²) in [7, 11) is 0. The Morgan fingerprint density at radius 2 is 2.12 bits per heavy atom. The van der Waals surface area contributed by atoms with Crippen molar-refractivity contribution in [2.75, 3.05) is 23.7 Å². The quantitative estimate of drug-likeness (QED) is 0.519. The second-order valence-corrected chi connectivity index (χ2v) is 9.26. The molecule has 0 aliphatic carbocycles. The van der Waals surface area contributed by atoms with Crippen LogP contribution in [0.1, 0.15) is 30.0 Å². The van der Waals surface area contributed by atoms with Gasteiger partial charge in [-0.15, -0.1) is 24.2 Å². The number of amides is 1. The maximum absolute atomic E-state index is 13.3. The Morgan fingerprint density at radius 1 is 1.28 bits per heavy atom. The van der Waals surface area contributed by atoms with Crippen molar-refractivity contribution >= 4 is 46.8 Å². The molecule has 8 heteroatoms. The van der Waals surface area contributed by atoms with E-state index in [4.69, 9.17) is 0 Å². The van der Waals surface area contributed by atoms with E-state index in [0.717, 1.165) is 64.4 Å². The van der Waals surface area contributed by atoms with E-state index in [-0.39, 0.29) is 30.4 Å². The highest BCUT2D eigenvalue weighted by molar-refractivity contribution is 8.04. The molecule has 2 aliphatic rings. The van der Waals surface area contributed by atoms with Gasteiger partial charge in [0.15, 0.2) is 0 Å². The van der Waals surface area contributed by atoms with Crippen LogP contribution in [0.3, 0.4) is 0 Å². The molecule has 0 bridgehead atoms. The number of halogens is 1. The Hall–Kier alpha value is -2.48. The molecular weight excluding hydrogens is 442 g/mol. The number of benzene rings is 1. The van der Waals surface area contributed by atoms with E-state index in [0.29, 0.717) is 0 Å². The zero-order chi connectivity index (χ0) is 21.2. The number of pyridine rings is 1. The minimum Gasteiger partial charge on any atom is -0.346 e. The van der Waals surface area contributed by atoms with Gasteiger partial charge in [0, 0.05) is 42.3 Å². The van der Waals surface area contributed by atoms with Crippen LogP contribution < -0.4 is 15.5 Å². The summed E-state index contributed by atoms with van der Waals surface area (Å²) in [4.78, 5) is 23.9. The third-order valence-electron chi connectivity index (χ3n) is 6.09. The molecule has 2 aliphatic heterocycles. The van der Waals surface area contributed by atoms with Crippen LogP contribution in [0.25, 0.3) is 11.0 Å². The van der Waals surface area contributed by atoms with E-state index in [9.17, 15) is 4.79 Å². The normalized spacial score (nSPS) is 19.3. The summed E-state index contributed by atoms with van der Waals surface area (Å²) in [6, 6.07) is 12.5. The third kappa shape index (κ3) is 4.51. The number of carbonyl (C=O) groups is 1. The number of carbonyl (C=O) groups excluding carboxylic acids is 1. The molecule has 0 spiro atoms. The molecule has 3 N–H and O–H groups in total. The largest absolute Gasteiger partial charge is 0.346 e. The van der Waals surface area contributed by atoms with E-state index in [2.05, 4.69) is 44.6 Å². The van der Waals surface area contributed by atoms with Crippen LogP contribution in [0.15, 0.2) is 59.9 Å². The average Bonchev–Trinajstić information content (AvgIpc) is 3.48. The first-order valence-electron chi connectivity index (χ1n) is 10.8. The van der Waals surface area contributed by atoms with Crippen LogP contribution in [0.2, 0.25) is 0 Å². The monoisotopic (exact) mass is 469 g/mol. The molecule has 4 heterocycles. The van der Waals surface area contributed by atoms with Crippen LogP contribution in [0, 0.1) is 6.92 Å². The minimum absolute atomic E-state index is 0. The first-order valence-corrected chi connectivity index (χ1v) is 11.8. The van der Waals surface area contributed by atoms with Crippen LogP contribution in [0.4, 0.5) is 5.69 Å². The third-order valence-corrected chi connectivity index (χ3v) is 7.08. The molecule has 2 aromatic heterocycles. The van der Waals surface area contributed by atoms with Gasteiger partial charge in [-0.3, -0.25) is 4.79 Å². The highest BCUT2D eigenvalue weighted by Gasteiger charge is 2.29. The number of hydrogen-bond acceptors (Lipinski definition) is 5. The van der Waals surface area contributed by atoms with E-state index >= 15 is 0 Å². The number of aryl methyl sites for hydroxylation is 1. The van der Waals surface area contributed by atoms with Crippen LogP contribution in [0.5, 0.6) is 0 Å². The minimum atomic E-state index is -0.0346. The van der Waals surface area contributed by atoms with Gasteiger partial charge in [-0.1, -0.05) is 30.3 Å². The molecule has 1 amide bonds. The molecule has 2 atom stereocenters. The summed E-state index contributed by atoms with van der Waals surface area (Å²) < 4.78 is 0. The van der Waals surface area contributed by atoms with Crippen LogP contribution in [-0.4, -0.2) is 40.8 Å². The van der Waals surface area contributed by atoms with Crippen molar-refractivity contribution in [3.63, 3.8) is 0 Å². The first kappa shape index (κ1) is 22.7. The smallest absolute Gasteiger partial charge is 0.259 e. The van der Waals surface area contributed by atoms with Crippen molar-refractivity contribution in [1.82, 2.24) is 20.6 Å². The topological polar surface area (TPSA) is 73.0 Å². The van der Waals surface area contributed by atoms with Crippen LogP contribution >= 0.6 is 24.2 Å². The standard InChI is InChI=1S/C24H27N5OS.ClH/c1-16-14-27-23-21(16)19(9-11-26-23)29-12-13-31-20(15-29)24(30)28-22(18-8-5-10-25-18)17-6-3-2-4-7-17;/h2-4,6-7,9,11,14-15,18,22,25H,5,8,10,12-13H2,1H3,(H,26,27)(H,28,30);1H/t18-,22?;/m0./s1. The Kier molecular flexibility index (Phi) is 7.08. The lowest BCUT2D eigenvalue weighted by Gasteiger charge is -2.29. The summed E-state index contributed by atoms with van der Waals surface area (Å²) in [5, 5.41) is 8.00. The molecule has 1 fully saturated rings. The molecule has 0 radical (unpaired) electrons. The van der Waals surface area contributed by atoms with E-state index < -0.39 is 0 Å². The Morgan fingerprint density at radius 3 is 2.91 bits per heavy atom. The number of H-pyrrole nitrogens is 1. The Labute approximate surface area is 198 Å². The van der Waals surface area contributed by atoms with Gasteiger partial charge in [-0.05, 0) is 43.5 Å². The molecule has 1 aromatic carbocycles. The van der Waals surface area contributed by atoms with E-state index in [1.54, 1.807) is 11.8 Å². The maximum Gasteiger partial charge on any atom is 0.259 e. The molecule has 0 saturated carbocycles. The van der Waals surface area contributed by atoms with Gasteiger partial charge in [0.1, 0.15) is 5.65 Å². The SMILES string of the molecule is Cc1c[nH]c2nccc(N3C=C(C(=O)NC(c4ccccc4)[C@@H]4CCCN4)SCC3)c12.Cl. The number of nitrogens with one attached hydrogen (secondary N) is 3. The zero-order valence-electron chi connectivity index (χ0n) is 18.0. The number of aromatic amines is 1. The lowest BCUT2D eigenvalue weighted by Crippen LogP contribution is -2.41. The van der Waals surface area contributed by atoms with Crippen molar-refractivity contribution in [2.45, 2.75) is 31.8 Å². The number of hydrogen-bond donors (Lipinski definition) is 3. The lowest BCUT2D eigenvalue weighted by atomic mass is 9.98. The van der Waals surface area contributed by atoms with Gasteiger partial charge >= 0.3 is 0 Å². The molecule has 1 saturated heterocycles. The number of thioether (sulfide) groups is 1. The summed E-state index contributed by atoms with van der Waals surface area (Å²) in [6.45, 7) is 3.94. The van der Waals surface area contributed by atoms with Gasteiger partial charge in [0.25, 0.3) is 5.91 Å². The van der Waals surface area contributed by atoms with Gasteiger partial charge in [0.05, 0.1) is 16.6 Å². The fraction of sp³-hybridized carbons (Fsp3) is 0.333. The fourth-order valence-corrected chi connectivity index (χ4v) is 5.43. The summed E-state index contributed by atoms with van der Waals surface area (Å²) in [5.74, 6) is 0.859. The fourth-order valence-electron chi connectivity index (χ4n) is 4.53. The predicted molar refractivity (Wildman–Crippen MR) is 134 cm³/mol. The zero-order valence-corrected chi connectivity index (χ0v) is 19.6. The van der Waals surface area contributed by atoms with Gasteiger partial charge in [-0.2, -0.15) is 0 Å². The first-order chi connectivity index (χ1) is 15.2. The highest BCUT2D eigenvalue weighted by atomic mass is 35.5. The maximum atomic E-state index is 13.3. The summed E-state index contributed by atoms with van der Waals surface area (Å²) in [5.41, 5.74) is 4.27. The number of aromatic nitrogens is 2. The number of nitrogens with zero attached hydrogens (tertiary/aromatic N) is 2.